The summed E-state index contributed by atoms with van der Waals surface area (Å²) in [6, 6.07) is 0. The van der Waals surface area contributed by atoms with Crippen molar-refractivity contribution >= 4 is 11.5 Å². The first-order valence-electron chi connectivity index (χ1n) is 5.75. The maximum absolute atomic E-state index is 5.87. The van der Waals surface area contributed by atoms with Crippen molar-refractivity contribution in [3.05, 3.63) is 6.33 Å². The van der Waals surface area contributed by atoms with Gasteiger partial charge in [-0.25, -0.2) is 4.98 Å². The molecule has 0 atom stereocenters. The van der Waals surface area contributed by atoms with E-state index in [0.29, 0.717) is 24.0 Å². The largest absolute Gasteiger partial charge is 0.476 e. The predicted molar refractivity (Wildman–Crippen MR) is 67.2 cm³/mol. The predicted octanol–water partition coefficient (Wildman–Crippen LogP) is 1.30. The van der Waals surface area contributed by atoms with Crippen molar-refractivity contribution in [2.24, 2.45) is 0 Å². The van der Waals surface area contributed by atoms with Gasteiger partial charge in [-0.3, -0.25) is 0 Å². The van der Waals surface area contributed by atoms with E-state index >= 15 is 0 Å². The second kappa shape index (κ2) is 7.67. The lowest BCUT2D eigenvalue weighted by Gasteiger charge is -2.10. The van der Waals surface area contributed by atoms with Gasteiger partial charge in [0.1, 0.15) is 12.0 Å². The molecular formula is C11H20N4O2. The fraction of sp³-hybridized carbons (Fsp3) is 0.636. The monoisotopic (exact) mass is 240 g/mol. The number of rotatable bonds is 8. The molecule has 0 bridgehead atoms. The Morgan fingerprint density at radius 2 is 2.18 bits per heavy atom. The highest BCUT2D eigenvalue weighted by Crippen LogP contribution is 2.24. The highest BCUT2D eigenvalue weighted by atomic mass is 16.5. The molecule has 0 aliphatic carbocycles. The third-order valence-corrected chi connectivity index (χ3v) is 2.20. The van der Waals surface area contributed by atoms with Crippen molar-refractivity contribution in [2.45, 2.75) is 19.8 Å². The summed E-state index contributed by atoms with van der Waals surface area (Å²) in [7, 11) is 1.70. The number of hydrogen-bond donors (Lipinski definition) is 2. The minimum Gasteiger partial charge on any atom is -0.476 e. The molecule has 1 heterocycles. The van der Waals surface area contributed by atoms with Crippen molar-refractivity contribution in [2.75, 3.05) is 37.9 Å². The fourth-order valence-corrected chi connectivity index (χ4v) is 1.35. The Bertz CT molecular complexity index is 333. The summed E-state index contributed by atoms with van der Waals surface area (Å²) in [5, 5.41) is 3.16. The zero-order chi connectivity index (χ0) is 12.5. The molecule has 17 heavy (non-hydrogen) atoms. The number of aromatic nitrogens is 2. The van der Waals surface area contributed by atoms with Crippen LogP contribution in [-0.4, -0.2) is 36.8 Å². The number of ether oxygens (including phenoxy) is 2. The van der Waals surface area contributed by atoms with Gasteiger partial charge in [-0.1, -0.05) is 0 Å². The Labute approximate surface area is 102 Å². The Hall–Kier alpha value is -1.56. The highest BCUT2D eigenvalue weighted by molar-refractivity contribution is 5.66. The lowest BCUT2D eigenvalue weighted by molar-refractivity contribution is 0.194. The highest BCUT2D eigenvalue weighted by Gasteiger charge is 2.07. The zero-order valence-corrected chi connectivity index (χ0v) is 10.4. The lowest BCUT2D eigenvalue weighted by atomic mass is 10.3. The summed E-state index contributed by atoms with van der Waals surface area (Å²) in [4.78, 5) is 8.05. The van der Waals surface area contributed by atoms with Crippen molar-refractivity contribution in [3.63, 3.8) is 0 Å². The lowest BCUT2D eigenvalue weighted by Crippen LogP contribution is -2.09. The van der Waals surface area contributed by atoms with Gasteiger partial charge in [-0.05, 0) is 19.8 Å². The molecular weight excluding hydrogens is 220 g/mol. The Balaban J connectivity index is 2.44. The van der Waals surface area contributed by atoms with E-state index in [9.17, 15) is 0 Å². The average Bonchev–Trinajstić information content (AvgIpc) is 2.33. The van der Waals surface area contributed by atoms with Gasteiger partial charge in [0.15, 0.2) is 5.82 Å². The zero-order valence-electron chi connectivity index (χ0n) is 10.4. The minimum absolute atomic E-state index is 0.432. The Morgan fingerprint density at radius 1 is 1.35 bits per heavy atom. The summed E-state index contributed by atoms with van der Waals surface area (Å²) < 4.78 is 10.3. The third kappa shape index (κ3) is 4.44. The molecule has 96 valence electrons. The molecule has 0 amide bonds. The summed E-state index contributed by atoms with van der Waals surface area (Å²) in [6.45, 7) is 4.00. The summed E-state index contributed by atoms with van der Waals surface area (Å²) in [6.07, 6.45) is 3.45. The molecule has 0 aliphatic rings. The first kappa shape index (κ1) is 13.5. The second-order valence-electron chi connectivity index (χ2n) is 3.50. The van der Waals surface area contributed by atoms with E-state index in [1.54, 1.807) is 7.11 Å². The first-order chi connectivity index (χ1) is 8.29. The standard InChI is InChI=1S/C11H20N4O2/c1-3-17-11-9(12)10(14-8-15-11)13-6-4-5-7-16-2/h8H,3-7,12H2,1-2H3,(H,13,14,15). The molecule has 0 unspecified atom stereocenters. The van der Waals surface area contributed by atoms with Crippen LogP contribution < -0.4 is 15.8 Å². The molecule has 6 heteroatoms. The second-order valence-corrected chi connectivity index (χ2v) is 3.50. The molecule has 0 fully saturated rings. The molecule has 1 rings (SSSR count). The summed E-state index contributed by atoms with van der Waals surface area (Å²) in [5.41, 5.74) is 6.33. The normalized spacial score (nSPS) is 10.2. The van der Waals surface area contributed by atoms with E-state index in [4.69, 9.17) is 15.2 Å². The van der Waals surface area contributed by atoms with Gasteiger partial charge in [-0.2, -0.15) is 4.98 Å². The van der Waals surface area contributed by atoms with Gasteiger partial charge in [0.2, 0.25) is 5.88 Å². The van der Waals surface area contributed by atoms with Crippen LogP contribution >= 0.6 is 0 Å². The van der Waals surface area contributed by atoms with Crippen LogP contribution in [0.5, 0.6) is 5.88 Å². The van der Waals surface area contributed by atoms with Crippen LogP contribution in [-0.2, 0) is 4.74 Å². The van der Waals surface area contributed by atoms with E-state index in [-0.39, 0.29) is 0 Å². The fourth-order valence-electron chi connectivity index (χ4n) is 1.35. The van der Waals surface area contributed by atoms with Crippen LogP contribution in [0, 0.1) is 0 Å². The van der Waals surface area contributed by atoms with Crippen LogP contribution in [0.2, 0.25) is 0 Å². The van der Waals surface area contributed by atoms with Crippen molar-refractivity contribution in [1.82, 2.24) is 9.97 Å². The third-order valence-electron chi connectivity index (χ3n) is 2.20. The first-order valence-corrected chi connectivity index (χ1v) is 5.75. The van der Waals surface area contributed by atoms with Crippen molar-refractivity contribution in [1.29, 1.82) is 0 Å². The van der Waals surface area contributed by atoms with Gasteiger partial charge in [-0.15, -0.1) is 0 Å². The molecule has 1 aromatic rings. The Kier molecular flexibility index (Phi) is 6.09. The maximum atomic E-state index is 5.87. The number of hydrogen-bond acceptors (Lipinski definition) is 6. The quantitative estimate of drug-likeness (QED) is 0.666. The molecule has 0 saturated carbocycles. The molecule has 0 aromatic carbocycles. The smallest absolute Gasteiger partial charge is 0.242 e. The Morgan fingerprint density at radius 3 is 2.88 bits per heavy atom. The van der Waals surface area contributed by atoms with Crippen LogP contribution in [0.15, 0.2) is 6.33 Å². The average molecular weight is 240 g/mol. The molecule has 6 nitrogen and oxygen atoms in total. The summed E-state index contributed by atoms with van der Waals surface area (Å²) >= 11 is 0. The van der Waals surface area contributed by atoms with Gasteiger partial charge >= 0.3 is 0 Å². The van der Waals surface area contributed by atoms with Crippen LogP contribution in [0.25, 0.3) is 0 Å². The number of nitrogen functional groups attached to an aromatic ring is 1. The number of nitrogens with zero attached hydrogens (tertiary/aromatic N) is 2. The number of anilines is 2. The number of nitrogens with two attached hydrogens (primary N) is 1. The topological polar surface area (TPSA) is 82.3 Å². The van der Waals surface area contributed by atoms with Crippen LogP contribution in [0.4, 0.5) is 11.5 Å². The molecule has 3 N–H and O–H groups in total. The molecule has 0 aliphatic heterocycles. The van der Waals surface area contributed by atoms with Crippen molar-refractivity contribution < 1.29 is 9.47 Å². The SMILES string of the molecule is CCOc1ncnc(NCCCCOC)c1N. The van der Waals surface area contributed by atoms with Gasteiger partial charge < -0.3 is 20.5 Å². The molecule has 1 aromatic heterocycles. The summed E-state index contributed by atoms with van der Waals surface area (Å²) in [5.74, 6) is 1.06. The maximum Gasteiger partial charge on any atom is 0.242 e. The van der Waals surface area contributed by atoms with Crippen molar-refractivity contribution in [3.8, 4) is 5.88 Å². The van der Waals surface area contributed by atoms with E-state index in [1.165, 1.54) is 6.33 Å². The van der Waals surface area contributed by atoms with Gasteiger partial charge in [0, 0.05) is 20.3 Å². The molecule has 0 radical (unpaired) electrons. The van der Waals surface area contributed by atoms with E-state index in [0.717, 1.165) is 26.0 Å². The van der Waals surface area contributed by atoms with E-state index in [2.05, 4.69) is 15.3 Å². The number of nitrogens with one attached hydrogen (secondary N) is 1. The van der Waals surface area contributed by atoms with E-state index < -0.39 is 0 Å². The minimum atomic E-state index is 0.432. The van der Waals surface area contributed by atoms with Gasteiger partial charge in [0.05, 0.1) is 6.61 Å². The van der Waals surface area contributed by atoms with Crippen LogP contribution in [0.3, 0.4) is 0 Å². The molecule has 0 saturated heterocycles. The van der Waals surface area contributed by atoms with Gasteiger partial charge in [0.25, 0.3) is 0 Å². The van der Waals surface area contributed by atoms with E-state index in [1.807, 2.05) is 6.92 Å². The molecule has 0 spiro atoms. The number of methoxy groups -OCH3 is 1. The van der Waals surface area contributed by atoms with Crippen LogP contribution in [0.1, 0.15) is 19.8 Å². The number of unbranched alkanes of at least 4 members (excludes halogenated alkanes) is 1.